The van der Waals surface area contributed by atoms with Crippen molar-refractivity contribution in [3.63, 3.8) is 0 Å². The van der Waals surface area contributed by atoms with Crippen LogP contribution >= 0.6 is 15.9 Å². The largest absolute Gasteiger partial charge is 0.313 e. The molecule has 1 unspecified atom stereocenters. The molecule has 1 atom stereocenters. The number of hydrogen-bond donors (Lipinski definition) is 1. The first-order chi connectivity index (χ1) is 7.17. The predicted molar refractivity (Wildman–Crippen MR) is 60.5 cm³/mol. The van der Waals surface area contributed by atoms with Crippen LogP contribution in [0.2, 0.25) is 0 Å². The van der Waals surface area contributed by atoms with Crippen molar-refractivity contribution in [3.8, 4) is 0 Å². The van der Waals surface area contributed by atoms with E-state index in [-0.39, 0.29) is 0 Å². The Morgan fingerprint density at radius 3 is 3.13 bits per heavy atom. The maximum Gasteiger partial charge on any atom is 0.165 e. The SMILES string of the molecule is CCn1ncc(Br)c1C1(F)CCCNC1. The Kier molecular flexibility index (Phi) is 3.11. The van der Waals surface area contributed by atoms with Gasteiger partial charge in [-0.2, -0.15) is 5.10 Å². The van der Waals surface area contributed by atoms with Gasteiger partial charge in [-0.3, -0.25) is 4.68 Å². The van der Waals surface area contributed by atoms with E-state index in [4.69, 9.17) is 0 Å². The summed E-state index contributed by atoms with van der Waals surface area (Å²) in [4.78, 5) is 0. The van der Waals surface area contributed by atoms with Crippen LogP contribution in [-0.2, 0) is 12.2 Å². The third kappa shape index (κ3) is 1.95. The Labute approximate surface area is 97.2 Å². The van der Waals surface area contributed by atoms with Crippen molar-refractivity contribution >= 4 is 15.9 Å². The highest BCUT2D eigenvalue weighted by Crippen LogP contribution is 2.36. The number of aromatic nitrogens is 2. The number of hydrogen-bond acceptors (Lipinski definition) is 2. The first kappa shape index (κ1) is 11.1. The van der Waals surface area contributed by atoms with Gasteiger partial charge in [0.15, 0.2) is 5.67 Å². The van der Waals surface area contributed by atoms with E-state index in [1.165, 1.54) is 0 Å². The van der Waals surface area contributed by atoms with Gasteiger partial charge < -0.3 is 5.32 Å². The molecule has 0 amide bonds. The fourth-order valence-corrected chi connectivity index (χ4v) is 2.77. The van der Waals surface area contributed by atoms with Gasteiger partial charge in [-0.05, 0) is 42.2 Å². The highest BCUT2D eigenvalue weighted by Gasteiger charge is 2.38. The Morgan fingerprint density at radius 1 is 1.73 bits per heavy atom. The fraction of sp³-hybridized carbons (Fsp3) is 0.700. The number of piperidine rings is 1. The van der Waals surface area contributed by atoms with Crippen molar-refractivity contribution in [2.75, 3.05) is 13.1 Å². The lowest BCUT2D eigenvalue weighted by Crippen LogP contribution is -2.41. The standard InChI is InChI=1S/C10H15BrFN3/c1-2-15-9(8(11)6-14-15)10(12)4-3-5-13-7-10/h6,13H,2-5,7H2,1H3. The zero-order chi connectivity index (χ0) is 10.9. The molecule has 0 saturated carbocycles. The molecule has 0 bridgehead atoms. The van der Waals surface area contributed by atoms with E-state index in [0.29, 0.717) is 25.2 Å². The number of nitrogens with one attached hydrogen (secondary N) is 1. The summed E-state index contributed by atoms with van der Waals surface area (Å²) in [7, 11) is 0. The highest BCUT2D eigenvalue weighted by molar-refractivity contribution is 9.10. The molecule has 0 aromatic carbocycles. The molecule has 15 heavy (non-hydrogen) atoms. The second-order valence-electron chi connectivity index (χ2n) is 3.90. The van der Waals surface area contributed by atoms with E-state index in [1.807, 2.05) is 6.92 Å². The van der Waals surface area contributed by atoms with Gasteiger partial charge >= 0.3 is 0 Å². The van der Waals surface area contributed by atoms with Gasteiger partial charge in [-0.15, -0.1) is 0 Å². The molecule has 3 nitrogen and oxygen atoms in total. The Hall–Kier alpha value is -0.420. The number of rotatable bonds is 2. The normalized spacial score (nSPS) is 26.9. The smallest absolute Gasteiger partial charge is 0.165 e. The minimum Gasteiger partial charge on any atom is -0.313 e. The van der Waals surface area contributed by atoms with Crippen LogP contribution in [0.15, 0.2) is 10.7 Å². The maximum atomic E-state index is 14.7. The highest BCUT2D eigenvalue weighted by atomic mass is 79.9. The molecule has 1 aliphatic rings. The molecule has 1 saturated heterocycles. The molecule has 0 radical (unpaired) electrons. The minimum atomic E-state index is -1.27. The van der Waals surface area contributed by atoms with Crippen LogP contribution in [0.25, 0.3) is 0 Å². The summed E-state index contributed by atoms with van der Waals surface area (Å²) in [6, 6.07) is 0. The number of aryl methyl sites for hydroxylation is 1. The molecule has 1 aliphatic heterocycles. The van der Waals surface area contributed by atoms with Crippen molar-refractivity contribution in [2.45, 2.75) is 32.0 Å². The molecule has 1 fully saturated rings. The zero-order valence-corrected chi connectivity index (χ0v) is 10.3. The third-order valence-electron chi connectivity index (χ3n) is 2.85. The lowest BCUT2D eigenvalue weighted by atomic mass is 9.92. The topological polar surface area (TPSA) is 29.9 Å². The average Bonchev–Trinajstić information content (AvgIpc) is 2.61. The second kappa shape index (κ2) is 4.22. The summed E-state index contributed by atoms with van der Waals surface area (Å²) >= 11 is 3.38. The Morgan fingerprint density at radius 2 is 2.53 bits per heavy atom. The lowest BCUT2D eigenvalue weighted by Gasteiger charge is -2.30. The first-order valence-corrected chi connectivity index (χ1v) is 6.08. The van der Waals surface area contributed by atoms with Crippen LogP contribution in [0, 0.1) is 0 Å². The van der Waals surface area contributed by atoms with Crippen LogP contribution in [0.1, 0.15) is 25.5 Å². The van der Waals surface area contributed by atoms with Gasteiger partial charge in [-0.1, -0.05) is 0 Å². The molecular weight excluding hydrogens is 261 g/mol. The molecule has 5 heteroatoms. The summed E-state index contributed by atoms with van der Waals surface area (Å²) in [6.07, 6.45) is 3.12. The molecule has 1 N–H and O–H groups in total. The van der Waals surface area contributed by atoms with E-state index in [2.05, 4.69) is 26.3 Å². The Bertz CT molecular complexity index is 344. The van der Waals surface area contributed by atoms with Gasteiger partial charge in [0.1, 0.15) is 0 Å². The van der Waals surface area contributed by atoms with Gasteiger partial charge in [0, 0.05) is 13.1 Å². The van der Waals surface area contributed by atoms with Gasteiger partial charge in [-0.25, -0.2) is 4.39 Å². The minimum absolute atomic E-state index is 0.386. The van der Waals surface area contributed by atoms with E-state index >= 15 is 0 Å². The molecule has 1 aromatic heterocycles. The predicted octanol–water partition coefficient (Wildman–Crippen LogP) is 2.21. The number of nitrogens with zero attached hydrogens (tertiary/aromatic N) is 2. The van der Waals surface area contributed by atoms with E-state index in [1.54, 1.807) is 10.9 Å². The van der Waals surface area contributed by atoms with Crippen molar-refractivity contribution in [1.29, 1.82) is 0 Å². The van der Waals surface area contributed by atoms with Crippen LogP contribution < -0.4 is 5.32 Å². The summed E-state index contributed by atoms with van der Waals surface area (Å²) in [5.74, 6) is 0. The summed E-state index contributed by atoms with van der Waals surface area (Å²) in [5, 5.41) is 7.26. The molecule has 1 aromatic rings. The quantitative estimate of drug-likeness (QED) is 0.897. The fourth-order valence-electron chi connectivity index (χ4n) is 2.12. The molecule has 2 rings (SSSR count). The lowest BCUT2D eigenvalue weighted by molar-refractivity contribution is 0.109. The van der Waals surface area contributed by atoms with Crippen LogP contribution in [0.5, 0.6) is 0 Å². The number of halogens is 2. The monoisotopic (exact) mass is 275 g/mol. The van der Waals surface area contributed by atoms with Crippen molar-refractivity contribution in [2.24, 2.45) is 0 Å². The van der Waals surface area contributed by atoms with E-state index in [0.717, 1.165) is 17.4 Å². The molecule has 84 valence electrons. The van der Waals surface area contributed by atoms with Crippen molar-refractivity contribution in [3.05, 3.63) is 16.4 Å². The van der Waals surface area contributed by atoms with E-state index < -0.39 is 5.67 Å². The van der Waals surface area contributed by atoms with Gasteiger partial charge in [0.2, 0.25) is 0 Å². The van der Waals surface area contributed by atoms with Crippen molar-refractivity contribution in [1.82, 2.24) is 15.1 Å². The summed E-state index contributed by atoms with van der Waals surface area (Å²) in [5.41, 5.74) is -0.596. The maximum absolute atomic E-state index is 14.7. The van der Waals surface area contributed by atoms with Crippen molar-refractivity contribution < 1.29 is 4.39 Å². The van der Waals surface area contributed by atoms with Crippen LogP contribution in [0.4, 0.5) is 4.39 Å². The van der Waals surface area contributed by atoms with Crippen LogP contribution in [0.3, 0.4) is 0 Å². The first-order valence-electron chi connectivity index (χ1n) is 5.29. The zero-order valence-electron chi connectivity index (χ0n) is 8.76. The molecule has 0 aliphatic carbocycles. The van der Waals surface area contributed by atoms with Gasteiger partial charge in [0.25, 0.3) is 0 Å². The Balaban J connectivity index is 2.37. The van der Waals surface area contributed by atoms with Gasteiger partial charge in [0.05, 0.1) is 16.4 Å². The third-order valence-corrected chi connectivity index (χ3v) is 3.43. The summed E-state index contributed by atoms with van der Waals surface area (Å²) in [6.45, 7) is 3.97. The molecule has 2 heterocycles. The molecular formula is C10H15BrFN3. The van der Waals surface area contributed by atoms with Crippen LogP contribution in [-0.4, -0.2) is 22.9 Å². The summed E-state index contributed by atoms with van der Waals surface area (Å²) < 4.78 is 17.2. The number of alkyl halides is 1. The molecule has 0 spiro atoms. The average molecular weight is 276 g/mol. The second-order valence-corrected chi connectivity index (χ2v) is 4.76. The van der Waals surface area contributed by atoms with E-state index in [9.17, 15) is 4.39 Å².